The molecule has 1 aromatic heterocycles. The van der Waals surface area contributed by atoms with Crippen molar-refractivity contribution in [1.82, 2.24) is 9.97 Å². The van der Waals surface area contributed by atoms with Crippen LogP contribution in [0.5, 0.6) is 0 Å². The predicted octanol–water partition coefficient (Wildman–Crippen LogP) is 3.67. The number of hydrogen-bond acceptors (Lipinski definition) is 6. The molecule has 0 spiro atoms. The standard InChI is InChI=1S/C20H23N3O3S/c1-4-5-11-27-20-22-17-16(18(24)23-20)15(13-9-7-6-8-10-13)14(12(2)21-17)19(25)26-3/h6-10,15H,4-5,11H2,1-3H3,(H2,21,22,23,24)/t15-/m1/s1. The number of thioether (sulfide) groups is 1. The second-order valence-electron chi connectivity index (χ2n) is 6.33. The summed E-state index contributed by atoms with van der Waals surface area (Å²) < 4.78 is 4.98. The van der Waals surface area contributed by atoms with Gasteiger partial charge in [0.2, 0.25) is 0 Å². The smallest absolute Gasteiger partial charge is 0.336 e. The first-order chi connectivity index (χ1) is 13.1. The lowest BCUT2D eigenvalue weighted by atomic mass is 9.82. The summed E-state index contributed by atoms with van der Waals surface area (Å²) >= 11 is 1.53. The van der Waals surface area contributed by atoms with Crippen LogP contribution in [0.3, 0.4) is 0 Å². The molecule has 2 N–H and O–H groups in total. The van der Waals surface area contributed by atoms with Crippen LogP contribution in [0.4, 0.5) is 5.82 Å². The van der Waals surface area contributed by atoms with Gasteiger partial charge >= 0.3 is 5.97 Å². The summed E-state index contributed by atoms with van der Waals surface area (Å²) in [4.78, 5) is 32.9. The number of carbonyl (C=O) groups is 1. The van der Waals surface area contributed by atoms with Crippen LogP contribution in [-0.4, -0.2) is 28.8 Å². The molecule has 2 heterocycles. The number of aromatic nitrogens is 2. The molecule has 142 valence electrons. The van der Waals surface area contributed by atoms with Gasteiger partial charge in [-0.15, -0.1) is 0 Å². The summed E-state index contributed by atoms with van der Waals surface area (Å²) in [6.45, 7) is 3.93. The van der Waals surface area contributed by atoms with E-state index in [1.165, 1.54) is 18.9 Å². The van der Waals surface area contributed by atoms with Crippen molar-refractivity contribution in [2.45, 2.75) is 37.8 Å². The van der Waals surface area contributed by atoms with Crippen LogP contribution >= 0.6 is 11.8 Å². The molecule has 0 bridgehead atoms. The van der Waals surface area contributed by atoms with Crippen LogP contribution in [0.15, 0.2) is 51.6 Å². The van der Waals surface area contributed by atoms with Crippen molar-refractivity contribution in [3.05, 3.63) is 63.1 Å². The Morgan fingerprint density at radius 3 is 2.70 bits per heavy atom. The molecule has 1 aliphatic rings. The van der Waals surface area contributed by atoms with E-state index in [0.717, 1.165) is 24.2 Å². The molecule has 0 unspecified atom stereocenters. The van der Waals surface area contributed by atoms with Gasteiger partial charge in [0.05, 0.1) is 24.2 Å². The van der Waals surface area contributed by atoms with Gasteiger partial charge in [-0.25, -0.2) is 9.78 Å². The average Bonchev–Trinajstić information content (AvgIpc) is 2.67. The van der Waals surface area contributed by atoms with E-state index in [1.807, 2.05) is 30.3 Å². The minimum absolute atomic E-state index is 0.241. The lowest BCUT2D eigenvalue weighted by Gasteiger charge is -2.28. The lowest BCUT2D eigenvalue weighted by molar-refractivity contribution is -0.136. The number of anilines is 1. The molecule has 1 aliphatic heterocycles. The van der Waals surface area contributed by atoms with Gasteiger partial charge in [0, 0.05) is 11.4 Å². The van der Waals surface area contributed by atoms with E-state index in [0.29, 0.717) is 27.8 Å². The maximum atomic E-state index is 12.9. The summed E-state index contributed by atoms with van der Waals surface area (Å²) in [7, 11) is 1.34. The van der Waals surface area contributed by atoms with E-state index in [1.54, 1.807) is 6.92 Å². The molecule has 1 aromatic carbocycles. The number of nitrogens with one attached hydrogen (secondary N) is 2. The lowest BCUT2D eigenvalue weighted by Crippen LogP contribution is -2.30. The Bertz CT molecular complexity index is 922. The van der Waals surface area contributed by atoms with Crippen molar-refractivity contribution in [1.29, 1.82) is 0 Å². The van der Waals surface area contributed by atoms with E-state index < -0.39 is 11.9 Å². The molecule has 0 saturated heterocycles. The van der Waals surface area contributed by atoms with Crippen LogP contribution in [-0.2, 0) is 9.53 Å². The number of esters is 1. The minimum atomic E-state index is -0.527. The zero-order chi connectivity index (χ0) is 19.4. The number of allylic oxidation sites excluding steroid dienone is 1. The summed E-state index contributed by atoms with van der Waals surface area (Å²) in [5, 5.41) is 3.71. The number of nitrogens with zero attached hydrogens (tertiary/aromatic N) is 1. The molecule has 2 aromatic rings. The van der Waals surface area contributed by atoms with Crippen LogP contribution in [0.2, 0.25) is 0 Å². The number of benzene rings is 1. The van der Waals surface area contributed by atoms with Gasteiger partial charge in [0.15, 0.2) is 5.16 Å². The van der Waals surface area contributed by atoms with Crippen molar-refractivity contribution < 1.29 is 9.53 Å². The van der Waals surface area contributed by atoms with E-state index in [-0.39, 0.29) is 5.56 Å². The van der Waals surface area contributed by atoms with Gasteiger partial charge in [-0.2, -0.15) is 0 Å². The number of aromatic amines is 1. The molecule has 0 aliphatic carbocycles. The molecule has 0 saturated carbocycles. The zero-order valence-corrected chi connectivity index (χ0v) is 16.5. The van der Waals surface area contributed by atoms with E-state index in [2.05, 4.69) is 22.2 Å². The third-order valence-corrected chi connectivity index (χ3v) is 5.46. The van der Waals surface area contributed by atoms with Gasteiger partial charge in [0.1, 0.15) is 5.82 Å². The largest absolute Gasteiger partial charge is 0.466 e. The molecular formula is C20H23N3O3S. The molecule has 6 nitrogen and oxygen atoms in total. The summed E-state index contributed by atoms with van der Waals surface area (Å²) in [5.74, 6) is 0.403. The molecular weight excluding hydrogens is 362 g/mol. The first-order valence-corrected chi connectivity index (χ1v) is 9.93. The van der Waals surface area contributed by atoms with Crippen molar-refractivity contribution in [2.75, 3.05) is 18.2 Å². The number of carbonyl (C=O) groups excluding carboxylic acids is 1. The van der Waals surface area contributed by atoms with Crippen LogP contribution in [0, 0.1) is 0 Å². The van der Waals surface area contributed by atoms with Crippen LogP contribution < -0.4 is 10.9 Å². The fraction of sp³-hybridized carbons (Fsp3) is 0.350. The Kier molecular flexibility index (Phi) is 6.01. The SMILES string of the molecule is CCCCSc1nc2c(c(=O)[nH]1)[C@H](c1ccccc1)C(C(=O)OC)=C(C)N2. The average molecular weight is 385 g/mol. The fourth-order valence-corrected chi connectivity index (χ4v) is 4.12. The van der Waals surface area contributed by atoms with E-state index in [9.17, 15) is 9.59 Å². The molecule has 27 heavy (non-hydrogen) atoms. The van der Waals surface area contributed by atoms with E-state index >= 15 is 0 Å². The van der Waals surface area contributed by atoms with Gasteiger partial charge < -0.3 is 15.0 Å². The topological polar surface area (TPSA) is 84.1 Å². The monoisotopic (exact) mass is 385 g/mol. The number of ether oxygens (including phenoxy) is 1. The third kappa shape index (κ3) is 3.93. The van der Waals surface area contributed by atoms with Crippen molar-refractivity contribution >= 4 is 23.5 Å². The van der Waals surface area contributed by atoms with Crippen molar-refractivity contribution in [3.8, 4) is 0 Å². The molecule has 0 fully saturated rings. The summed E-state index contributed by atoms with van der Waals surface area (Å²) in [6, 6.07) is 9.48. The first-order valence-electron chi connectivity index (χ1n) is 8.94. The molecule has 1 atom stereocenters. The zero-order valence-electron chi connectivity index (χ0n) is 15.7. The fourth-order valence-electron chi connectivity index (χ4n) is 3.17. The third-order valence-electron chi connectivity index (χ3n) is 4.50. The summed E-state index contributed by atoms with van der Waals surface area (Å²) in [5.41, 5.74) is 2.11. The second kappa shape index (κ2) is 8.43. The van der Waals surface area contributed by atoms with Gasteiger partial charge in [-0.3, -0.25) is 4.79 Å². The highest BCUT2D eigenvalue weighted by molar-refractivity contribution is 7.99. The molecule has 3 rings (SSSR count). The Balaban J connectivity index is 2.12. The normalized spacial score (nSPS) is 15.9. The maximum absolute atomic E-state index is 12.9. The quantitative estimate of drug-likeness (QED) is 0.342. The molecule has 0 radical (unpaired) electrons. The van der Waals surface area contributed by atoms with Crippen molar-refractivity contribution in [3.63, 3.8) is 0 Å². The first kappa shape index (κ1) is 19.2. The van der Waals surface area contributed by atoms with Crippen LogP contribution in [0.25, 0.3) is 0 Å². The highest BCUT2D eigenvalue weighted by Crippen LogP contribution is 2.39. The Morgan fingerprint density at radius 2 is 2.04 bits per heavy atom. The summed E-state index contributed by atoms with van der Waals surface area (Å²) in [6.07, 6.45) is 2.14. The molecule has 0 amide bonds. The Labute approximate surface area is 162 Å². The van der Waals surface area contributed by atoms with Crippen molar-refractivity contribution in [2.24, 2.45) is 0 Å². The van der Waals surface area contributed by atoms with E-state index in [4.69, 9.17) is 4.74 Å². The minimum Gasteiger partial charge on any atom is -0.466 e. The number of unbranched alkanes of at least 4 members (excludes halogenated alkanes) is 1. The molecule has 7 heteroatoms. The Morgan fingerprint density at radius 1 is 1.30 bits per heavy atom. The predicted molar refractivity (Wildman–Crippen MR) is 107 cm³/mol. The number of rotatable bonds is 6. The van der Waals surface area contributed by atoms with Gasteiger partial charge in [-0.05, 0) is 18.9 Å². The highest BCUT2D eigenvalue weighted by Gasteiger charge is 2.36. The number of fused-ring (bicyclic) bond motifs is 1. The number of methoxy groups -OCH3 is 1. The number of H-pyrrole nitrogens is 1. The van der Waals surface area contributed by atoms with Crippen LogP contribution in [0.1, 0.15) is 43.7 Å². The highest BCUT2D eigenvalue weighted by atomic mass is 32.2. The second-order valence-corrected chi connectivity index (χ2v) is 7.42. The van der Waals surface area contributed by atoms with Gasteiger partial charge in [0.25, 0.3) is 5.56 Å². The number of hydrogen-bond donors (Lipinski definition) is 2. The Hall–Kier alpha value is -2.54. The maximum Gasteiger partial charge on any atom is 0.336 e. The van der Waals surface area contributed by atoms with Gasteiger partial charge in [-0.1, -0.05) is 55.4 Å².